The molecule has 1 fully saturated rings. The number of thiophene rings is 1. The molecule has 0 aliphatic carbocycles. The minimum atomic E-state index is -1.45. The van der Waals surface area contributed by atoms with Crippen LogP contribution in [-0.2, 0) is 4.74 Å². The van der Waals surface area contributed by atoms with Gasteiger partial charge in [0.1, 0.15) is 29.9 Å². The Morgan fingerprint density at radius 1 is 1.17 bits per heavy atom. The van der Waals surface area contributed by atoms with Gasteiger partial charge < -0.3 is 34.9 Å². The van der Waals surface area contributed by atoms with Gasteiger partial charge in [0.2, 0.25) is 0 Å². The average molecular weight is 419 g/mol. The number of rotatable bonds is 4. The highest BCUT2D eigenvalue weighted by atomic mass is 32.1. The molecule has 154 valence electrons. The van der Waals surface area contributed by atoms with Gasteiger partial charge in [-0.3, -0.25) is 0 Å². The van der Waals surface area contributed by atoms with Gasteiger partial charge in [0.25, 0.3) is 0 Å². The molecule has 0 saturated carbocycles. The fourth-order valence-electron chi connectivity index (χ4n) is 3.60. The van der Waals surface area contributed by atoms with Gasteiger partial charge >= 0.3 is 5.63 Å². The van der Waals surface area contributed by atoms with E-state index in [1.807, 2.05) is 24.4 Å². The van der Waals surface area contributed by atoms with Gasteiger partial charge in [0, 0.05) is 22.0 Å². The lowest BCUT2D eigenvalue weighted by Crippen LogP contribution is -2.61. The number of aliphatic hydroxyl groups is 4. The Bertz CT molecular complexity index is 1060. The van der Waals surface area contributed by atoms with Crippen molar-refractivity contribution in [3.63, 3.8) is 0 Å². The van der Waals surface area contributed by atoms with Gasteiger partial charge in [0.05, 0.1) is 12.2 Å². The molecule has 2 aromatic heterocycles. The highest BCUT2D eigenvalue weighted by molar-refractivity contribution is 7.13. The molecule has 3 aromatic rings. The molecule has 29 heavy (non-hydrogen) atoms. The molecule has 3 unspecified atom stereocenters. The minimum Gasteiger partial charge on any atom is -0.422 e. The van der Waals surface area contributed by atoms with Crippen LogP contribution in [0.5, 0.6) is 0 Å². The van der Waals surface area contributed by atoms with E-state index in [4.69, 9.17) is 14.3 Å². The molecular formula is C20H21NO7S. The molecule has 1 aliphatic heterocycles. The first-order chi connectivity index (χ1) is 13.9. The summed E-state index contributed by atoms with van der Waals surface area (Å²) in [6.07, 6.45) is -5.27. The lowest BCUT2D eigenvalue weighted by molar-refractivity contribution is -0.245. The normalized spacial score (nSPS) is 27.3. The number of aryl methyl sites for hydroxylation is 1. The maximum absolute atomic E-state index is 12.5. The molecule has 1 saturated heterocycles. The smallest absolute Gasteiger partial charge is 0.345 e. The van der Waals surface area contributed by atoms with Crippen LogP contribution in [0.25, 0.3) is 21.4 Å². The number of hydrogen-bond donors (Lipinski definition) is 5. The van der Waals surface area contributed by atoms with E-state index in [0.29, 0.717) is 16.8 Å². The van der Waals surface area contributed by atoms with Crippen molar-refractivity contribution in [2.75, 3.05) is 11.9 Å². The van der Waals surface area contributed by atoms with E-state index in [1.54, 1.807) is 18.2 Å². The second-order valence-electron chi connectivity index (χ2n) is 6.98. The van der Waals surface area contributed by atoms with Crippen LogP contribution in [0.3, 0.4) is 0 Å². The van der Waals surface area contributed by atoms with E-state index in [1.165, 1.54) is 11.3 Å². The molecule has 5 N–H and O–H groups in total. The molecule has 9 heteroatoms. The number of ether oxygens (including phenoxy) is 1. The monoisotopic (exact) mass is 419 g/mol. The lowest BCUT2D eigenvalue weighted by Gasteiger charge is -2.40. The van der Waals surface area contributed by atoms with Gasteiger partial charge in [-0.05, 0) is 36.1 Å². The standard InChI is InChI=1S/C20H21NO7S/c1-9-11-5-4-10(21-16-18(24)17(23)13(8-22)28-20(16)26)7-12(11)27-19(25)15(9)14-3-2-6-29-14/h2-7,13,16-18,20-24,26H,8H2,1H3/t13?,16?,17-,18-,20?/m0/s1. The topological polar surface area (TPSA) is 132 Å². The zero-order chi connectivity index (χ0) is 20.7. The maximum Gasteiger partial charge on any atom is 0.345 e. The summed E-state index contributed by atoms with van der Waals surface area (Å²) in [7, 11) is 0. The molecule has 1 aromatic carbocycles. The van der Waals surface area contributed by atoms with E-state index < -0.39 is 42.9 Å². The Morgan fingerprint density at radius 2 is 1.97 bits per heavy atom. The van der Waals surface area contributed by atoms with Crippen LogP contribution in [0.15, 0.2) is 44.9 Å². The first-order valence-corrected chi connectivity index (χ1v) is 9.97. The molecule has 1 aliphatic rings. The van der Waals surface area contributed by atoms with Crippen molar-refractivity contribution in [2.24, 2.45) is 0 Å². The van der Waals surface area contributed by atoms with Gasteiger partial charge in [-0.25, -0.2) is 4.79 Å². The molecule has 4 rings (SSSR count). The first-order valence-electron chi connectivity index (χ1n) is 9.09. The van der Waals surface area contributed by atoms with E-state index in [0.717, 1.165) is 15.8 Å². The Balaban J connectivity index is 1.66. The maximum atomic E-state index is 12.5. The molecule has 3 heterocycles. The second kappa shape index (κ2) is 7.86. The SMILES string of the molecule is Cc1c(-c2cccs2)c(=O)oc2cc(NC3C(O)OC(CO)[C@H](O)[C@H]3O)ccc12. The Hall–Kier alpha value is -2.27. The zero-order valence-corrected chi connectivity index (χ0v) is 16.3. The predicted molar refractivity (Wildman–Crippen MR) is 108 cm³/mol. The van der Waals surface area contributed by atoms with Crippen LogP contribution in [0, 0.1) is 6.92 Å². The number of fused-ring (bicyclic) bond motifs is 1. The summed E-state index contributed by atoms with van der Waals surface area (Å²) in [6.45, 7) is 1.32. The summed E-state index contributed by atoms with van der Waals surface area (Å²) in [5.74, 6) is 0. The number of nitrogens with one attached hydrogen (secondary N) is 1. The fourth-order valence-corrected chi connectivity index (χ4v) is 4.41. The number of aliphatic hydroxyl groups excluding tert-OH is 4. The van der Waals surface area contributed by atoms with Crippen LogP contribution < -0.4 is 10.9 Å². The van der Waals surface area contributed by atoms with Crippen molar-refractivity contribution in [3.05, 3.63) is 51.7 Å². The molecule has 8 nitrogen and oxygen atoms in total. The van der Waals surface area contributed by atoms with Crippen molar-refractivity contribution in [2.45, 2.75) is 37.6 Å². The van der Waals surface area contributed by atoms with Crippen LogP contribution in [0.2, 0.25) is 0 Å². The number of hydrogen-bond acceptors (Lipinski definition) is 9. The summed E-state index contributed by atoms with van der Waals surface area (Å²) < 4.78 is 10.7. The van der Waals surface area contributed by atoms with Crippen LogP contribution in [0.1, 0.15) is 5.56 Å². The first kappa shape index (κ1) is 20.0. The fraction of sp³-hybridized carbons (Fsp3) is 0.350. The van der Waals surface area contributed by atoms with Crippen molar-refractivity contribution >= 4 is 28.0 Å². The summed E-state index contributed by atoms with van der Waals surface area (Å²) in [4.78, 5) is 13.4. The highest BCUT2D eigenvalue weighted by Crippen LogP contribution is 2.31. The third-order valence-corrected chi connectivity index (χ3v) is 6.06. The van der Waals surface area contributed by atoms with Crippen LogP contribution in [-0.4, -0.2) is 57.7 Å². The summed E-state index contributed by atoms with van der Waals surface area (Å²) in [5, 5.41) is 45.2. The van der Waals surface area contributed by atoms with Crippen molar-refractivity contribution in [1.82, 2.24) is 0 Å². The van der Waals surface area contributed by atoms with Crippen LogP contribution in [0.4, 0.5) is 5.69 Å². The van der Waals surface area contributed by atoms with Crippen molar-refractivity contribution in [3.8, 4) is 10.4 Å². The van der Waals surface area contributed by atoms with Crippen molar-refractivity contribution in [1.29, 1.82) is 0 Å². The largest absolute Gasteiger partial charge is 0.422 e. The third-order valence-electron chi connectivity index (χ3n) is 5.17. The third kappa shape index (κ3) is 3.57. The number of anilines is 1. The average Bonchev–Trinajstić information content (AvgIpc) is 3.22. The van der Waals surface area contributed by atoms with E-state index in [2.05, 4.69) is 5.32 Å². The molecule has 5 atom stereocenters. The molecule has 0 amide bonds. The minimum absolute atomic E-state index is 0.354. The summed E-state index contributed by atoms with van der Waals surface area (Å²) in [5.41, 5.74) is 1.69. The van der Waals surface area contributed by atoms with Gasteiger partial charge in [-0.2, -0.15) is 0 Å². The summed E-state index contributed by atoms with van der Waals surface area (Å²) >= 11 is 1.46. The lowest BCUT2D eigenvalue weighted by atomic mass is 9.96. The Kier molecular flexibility index (Phi) is 5.43. The predicted octanol–water partition coefficient (Wildman–Crippen LogP) is 1.04. The molecule has 0 radical (unpaired) electrons. The van der Waals surface area contributed by atoms with Crippen molar-refractivity contribution < 1.29 is 29.6 Å². The van der Waals surface area contributed by atoms with E-state index in [-0.39, 0.29) is 0 Å². The van der Waals surface area contributed by atoms with E-state index in [9.17, 15) is 20.1 Å². The van der Waals surface area contributed by atoms with Crippen LogP contribution >= 0.6 is 11.3 Å². The van der Waals surface area contributed by atoms with Gasteiger partial charge in [-0.1, -0.05) is 6.07 Å². The number of benzene rings is 1. The quantitative estimate of drug-likeness (QED) is 0.396. The molecule has 0 bridgehead atoms. The summed E-state index contributed by atoms with van der Waals surface area (Å²) in [6, 6.07) is 7.78. The van der Waals surface area contributed by atoms with E-state index >= 15 is 0 Å². The second-order valence-corrected chi connectivity index (χ2v) is 7.92. The van der Waals surface area contributed by atoms with Gasteiger partial charge in [-0.15, -0.1) is 11.3 Å². The highest BCUT2D eigenvalue weighted by Gasteiger charge is 2.43. The Labute approximate surface area is 169 Å². The van der Waals surface area contributed by atoms with Gasteiger partial charge in [0.15, 0.2) is 6.29 Å². The zero-order valence-electron chi connectivity index (χ0n) is 15.5. The molecular weight excluding hydrogens is 398 g/mol. The molecule has 0 spiro atoms. The Morgan fingerprint density at radius 3 is 2.66 bits per heavy atom.